The van der Waals surface area contributed by atoms with Gasteiger partial charge in [-0.25, -0.2) is 4.98 Å². The molecule has 16 heavy (non-hydrogen) atoms. The fourth-order valence-electron chi connectivity index (χ4n) is 2.47. The van der Waals surface area contributed by atoms with Gasteiger partial charge in [0.1, 0.15) is 12.2 Å². The Balaban J connectivity index is 2.10. The van der Waals surface area contributed by atoms with Crippen LogP contribution in [0.15, 0.2) is 12.4 Å². The maximum atomic E-state index is 6.09. The van der Waals surface area contributed by atoms with Gasteiger partial charge in [-0.15, -0.1) is 10.2 Å². The van der Waals surface area contributed by atoms with Crippen molar-refractivity contribution >= 4 is 5.65 Å². The van der Waals surface area contributed by atoms with Crippen molar-refractivity contribution in [2.24, 2.45) is 5.73 Å². The van der Waals surface area contributed by atoms with Crippen molar-refractivity contribution in [1.29, 1.82) is 0 Å². The van der Waals surface area contributed by atoms with Gasteiger partial charge in [0.25, 0.3) is 0 Å². The van der Waals surface area contributed by atoms with Crippen molar-refractivity contribution in [2.75, 3.05) is 0 Å². The summed E-state index contributed by atoms with van der Waals surface area (Å²) in [6.07, 6.45) is 5.17. The second-order valence-electron chi connectivity index (χ2n) is 4.52. The van der Waals surface area contributed by atoms with Gasteiger partial charge in [-0.05, 0) is 19.8 Å². The summed E-state index contributed by atoms with van der Waals surface area (Å²) in [5.74, 6) is 1.30. The second kappa shape index (κ2) is 3.52. The first-order chi connectivity index (χ1) is 7.75. The van der Waals surface area contributed by atoms with Crippen molar-refractivity contribution in [3.63, 3.8) is 0 Å². The summed E-state index contributed by atoms with van der Waals surface area (Å²) >= 11 is 0. The van der Waals surface area contributed by atoms with E-state index in [1.165, 1.54) is 6.42 Å². The standard InChI is InChI=1S/C11H15N5/c1-7-5-10-14-15-11(16(10)6-13-7)8-3-2-4-9(8)12/h5-6,8-9H,2-4,12H2,1H3. The summed E-state index contributed by atoms with van der Waals surface area (Å²) in [6, 6.07) is 2.16. The Labute approximate surface area is 93.7 Å². The lowest BCUT2D eigenvalue weighted by atomic mass is 10.0. The Bertz CT molecular complexity index is 518. The first-order valence-corrected chi connectivity index (χ1v) is 5.68. The third kappa shape index (κ3) is 1.39. The van der Waals surface area contributed by atoms with E-state index in [4.69, 9.17) is 5.73 Å². The number of nitrogens with zero attached hydrogens (tertiary/aromatic N) is 4. The molecule has 84 valence electrons. The van der Waals surface area contributed by atoms with Gasteiger partial charge in [0.05, 0.1) is 0 Å². The third-order valence-electron chi connectivity index (χ3n) is 3.36. The molecule has 0 aliphatic heterocycles. The average Bonchev–Trinajstić information content (AvgIpc) is 2.83. The Morgan fingerprint density at radius 3 is 3.00 bits per heavy atom. The zero-order valence-corrected chi connectivity index (χ0v) is 9.30. The Morgan fingerprint density at radius 2 is 2.25 bits per heavy atom. The first-order valence-electron chi connectivity index (χ1n) is 5.68. The Kier molecular flexibility index (Phi) is 2.14. The fraction of sp³-hybridized carbons (Fsp3) is 0.545. The zero-order valence-electron chi connectivity index (χ0n) is 9.30. The van der Waals surface area contributed by atoms with Crippen LogP contribution in [0.4, 0.5) is 0 Å². The average molecular weight is 217 g/mol. The van der Waals surface area contributed by atoms with E-state index in [2.05, 4.69) is 15.2 Å². The molecule has 1 saturated carbocycles. The highest BCUT2D eigenvalue weighted by molar-refractivity contribution is 5.38. The van der Waals surface area contributed by atoms with E-state index in [0.29, 0.717) is 5.92 Å². The van der Waals surface area contributed by atoms with E-state index < -0.39 is 0 Å². The SMILES string of the molecule is Cc1cc2nnc(C3CCCC3N)n2cn1. The molecular formula is C11H15N5. The molecule has 5 nitrogen and oxygen atoms in total. The minimum absolute atomic E-state index is 0.216. The van der Waals surface area contributed by atoms with Gasteiger partial charge >= 0.3 is 0 Å². The van der Waals surface area contributed by atoms with Crippen LogP contribution < -0.4 is 5.73 Å². The zero-order chi connectivity index (χ0) is 11.1. The number of aryl methyl sites for hydroxylation is 1. The molecule has 2 aromatic rings. The molecule has 0 amide bonds. The normalized spacial score (nSPS) is 25.4. The lowest BCUT2D eigenvalue weighted by Gasteiger charge is -2.12. The van der Waals surface area contributed by atoms with Crippen LogP contribution in [-0.4, -0.2) is 25.6 Å². The number of nitrogens with two attached hydrogens (primary N) is 1. The predicted octanol–water partition coefficient (Wildman–Crippen LogP) is 1.03. The largest absolute Gasteiger partial charge is 0.327 e. The van der Waals surface area contributed by atoms with Gasteiger partial charge in [0.2, 0.25) is 0 Å². The molecule has 0 spiro atoms. The van der Waals surface area contributed by atoms with Crippen LogP contribution in [0.5, 0.6) is 0 Å². The predicted molar refractivity (Wildman–Crippen MR) is 60.1 cm³/mol. The monoisotopic (exact) mass is 217 g/mol. The van der Waals surface area contributed by atoms with Gasteiger partial charge in [-0.3, -0.25) is 4.40 Å². The molecule has 0 bridgehead atoms. The molecule has 1 aliphatic carbocycles. The summed E-state index contributed by atoms with van der Waals surface area (Å²) in [5, 5.41) is 8.44. The molecule has 1 aliphatic rings. The van der Waals surface area contributed by atoms with Gasteiger partial charge in [0, 0.05) is 23.7 Å². The van der Waals surface area contributed by atoms with Gasteiger partial charge in [-0.1, -0.05) is 6.42 Å². The van der Waals surface area contributed by atoms with Crippen LogP contribution in [-0.2, 0) is 0 Å². The fourth-order valence-corrected chi connectivity index (χ4v) is 2.47. The number of hydrogen-bond acceptors (Lipinski definition) is 4. The summed E-state index contributed by atoms with van der Waals surface area (Å²) in [7, 11) is 0. The summed E-state index contributed by atoms with van der Waals surface area (Å²) in [6.45, 7) is 1.95. The van der Waals surface area contributed by atoms with Crippen molar-refractivity contribution < 1.29 is 0 Å². The highest BCUT2D eigenvalue weighted by Gasteiger charge is 2.29. The lowest BCUT2D eigenvalue weighted by Crippen LogP contribution is -2.24. The second-order valence-corrected chi connectivity index (χ2v) is 4.52. The van der Waals surface area contributed by atoms with Crippen LogP contribution in [0.2, 0.25) is 0 Å². The molecule has 0 aromatic carbocycles. The van der Waals surface area contributed by atoms with Crippen LogP contribution in [0.1, 0.15) is 36.7 Å². The summed E-state index contributed by atoms with van der Waals surface area (Å²) in [4.78, 5) is 4.28. The van der Waals surface area contributed by atoms with E-state index in [1.807, 2.05) is 17.4 Å². The van der Waals surface area contributed by atoms with Crippen molar-refractivity contribution in [1.82, 2.24) is 19.6 Å². The van der Waals surface area contributed by atoms with Crippen LogP contribution >= 0.6 is 0 Å². The smallest absolute Gasteiger partial charge is 0.163 e. The molecule has 3 rings (SSSR count). The minimum Gasteiger partial charge on any atom is -0.327 e. The maximum Gasteiger partial charge on any atom is 0.163 e. The van der Waals surface area contributed by atoms with Crippen LogP contribution in [0.3, 0.4) is 0 Å². The van der Waals surface area contributed by atoms with E-state index in [9.17, 15) is 0 Å². The molecule has 1 fully saturated rings. The minimum atomic E-state index is 0.216. The number of hydrogen-bond donors (Lipinski definition) is 1. The Hall–Kier alpha value is -1.49. The molecule has 2 aromatic heterocycles. The third-order valence-corrected chi connectivity index (χ3v) is 3.36. The Morgan fingerprint density at radius 1 is 1.38 bits per heavy atom. The van der Waals surface area contributed by atoms with E-state index in [0.717, 1.165) is 30.0 Å². The van der Waals surface area contributed by atoms with Crippen molar-refractivity contribution in [2.45, 2.75) is 38.1 Å². The van der Waals surface area contributed by atoms with Gasteiger partial charge in [-0.2, -0.15) is 0 Å². The number of rotatable bonds is 1. The quantitative estimate of drug-likeness (QED) is 0.774. The van der Waals surface area contributed by atoms with Crippen molar-refractivity contribution in [3.05, 3.63) is 23.9 Å². The highest BCUT2D eigenvalue weighted by Crippen LogP contribution is 2.32. The highest BCUT2D eigenvalue weighted by atomic mass is 15.3. The topological polar surface area (TPSA) is 69.1 Å². The molecule has 2 atom stereocenters. The van der Waals surface area contributed by atoms with Crippen molar-refractivity contribution in [3.8, 4) is 0 Å². The molecule has 2 unspecified atom stereocenters. The van der Waals surface area contributed by atoms with Crippen LogP contribution in [0.25, 0.3) is 5.65 Å². The van der Waals surface area contributed by atoms with Gasteiger partial charge in [0.15, 0.2) is 5.65 Å². The molecule has 0 radical (unpaired) electrons. The molecule has 0 saturated heterocycles. The maximum absolute atomic E-state index is 6.09. The molecule has 2 heterocycles. The van der Waals surface area contributed by atoms with E-state index in [-0.39, 0.29) is 6.04 Å². The van der Waals surface area contributed by atoms with E-state index in [1.54, 1.807) is 6.33 Å². The van der Waals surface area contributed by atoms with Gasteiger partial charge < -0.3 is 5.73 Å². The number of fused-ring (bicyclic) bond motifs is 1. The lowest BCUT2D eigenvalue weighted by molar-refractivity contribution is 0.574. The molecular weight excluding hydrogens is 202 g/mol. The van der Waals surface area contributed by atoms with Crippen LogP contribution in [0, 0.1) is 6.92 Å². The number of aromatic nitrogens is 4. The summed E-state index contributed by atoms with van der Waals surface area (Å²) < 4.78 is 1.96. The molecule has 5 heteroatoms. The first kappa shape index (κ1) is 9.72. The van der Waals surface area contributed by atoms with E-state index >= 15 is 0 Å². The summed E-state index contributed by atoms with van der Waals surface area (Å²) in [5.41, 5.74) is 7.91. The molecule has 2 N–H and O–H groups in total.